The van der Waals surface area contributed by atoms with Crippen LogP contribution in [0.15, 0.2) is 30.5 Å². The van der Waals surface area contributed by atoms with Gasteiger partial charge in [0.05, 0.1) is 16.1 Å². The molecular weight excluding hydrogens is 350 g/mol. The van der Waals surface area contributed by atoms with Crippen molar-refractivity contribution in [1.29, 1.82) is 0 Å². The lowest BCUT2D eigenvalue weighted by atomic mass is 10.1. The van der Waals surface area contributed by atoms with Gasteiger partial charge in [-0.05, 0) is 30.2 Å². The van der Waals surface area contributed by atoms with Crippen LogP contribution >= 0.6 is 22.9 Å². The predicted molar refractivity (Wildman–Crippen MR) is 94.9 cm³/mol. The Morgan fingerprint density at radius 1 is 1.33 bits per heavy atom. The van der Waals surface area contributed by atoms with E-state index in [4.69, 9.17) is 32.9 Å². The minimum atomic E-state index is -0.604. The largest absolute Gasteiger partial charge is 0.455 e. The number of ether oxygens (including phenoxy) is 1. The number of aromatic nitrogens is 1. The molecule has 0 aliphatic heterocycles. The number of carbonyl (C=O) groups is 1. The third kappa shape index (κ3) is 3.01. The summed E-state index contributed by atoms with van der Waals surface area (Å²) in [6.07, 6.45) is 2.07. The Hall–Kier alpha value is -2.35. The number of carbonyl (C=O) groups excluding carboxylic acids is 1. The second-order valence-corrected chi connectivity index (χ2v) is 6.45. The molecule has 0 spiro atoms. The molecule has 0 radical (unpaired) electrons. The van der Waals surface area contributed by atoms with E-state index in [2.05, 4.69) is 4.98 Å². The van der Waals surface area contributed by atoms with E-state index in [9.17, 15) is 4.79 Å². The standard InChI is InChI=1S/C16H14ClN3O3S/c17-9-7-8(4-6-21)1-2-10(9)23-11-3-5-20-16-12(11)13(18)14(24-16)15(19)22/h1-3,5,7,21H,4,6,18H2,(H2,19,22). The third-order valence-electron chi connectivity index (χ3n) is 3.43. The highest BCUT2D eigenvalue weighted by atomic mass is 35.5. The fourth-order valence-electron chi connectivity index (χ4n) is 2.31. The fraction of sp³-hybridized carbons (Fsp3) is 0.125. The molecule has 3 rings (SSSR count). The van der Waals surface area contributed by atoms with Gasteiger partial charge in [-0.2, -0.15) is 0 Å². The monoisotopic (exact) mass is 363 g/mol. The lowest BCUT2D eigenvalue weighted by Gasteiger charge is -2.10. The molecule has 0 saturated carbocycles. The molecule has 2 aromatic heterocycles. The minimum absolute atomic E-state index is 0.0445. The van der Waals surface area contributed by atoms with Gasteiger partial charge in [-0.3, -0.25) is 4.79 Å². The zero-order valence-electron chi connectivity index (χ0n) is 12.5. The molecule has 0 bridgehead atoms. The van der Waals surface area contributed by atoms with Crippen LogP contribution in [-0.4, -0.2) is 22.6 Å². The zero-order valence-corrected chi connectivity index (χ0v) is 14.0. The minimum Gasteiger partial charge on any atom is -0.455 e. The van der Waals surface area contributed by atoms with Gasteiger partial charge in [0.2, 0.25) is 0 Å². The normalized spacial score (nSPS) is 10.9. The summed E-state index contributed by atoms with van der Waals surface area (Å²) in [6, 6.07) is 6.92. The molecule has 0 aliphatic rings. The van der Waals surface area contributed by atoms with Crippen LogP contribution in [0.4, 0.5) is 5.69 Å². The van der Waals surface area contributed by atoms with Crippen LogP contribution in [0.1, 0.15) is 15.2 Å². The van der Waals surface area contributed by atoms with E-state index in [1.54, 1.807) is 24.4 Å². The van der Waals surface area contributed by atoms with E-state index >= 15 is 0 Å². The van der Waals surface area contributed by atoms with Crippen LogP contribution in [0.25, 0.3) is 10.2 Å². The van der Waals surface area contributed by atoms with Gasteiger partial charge in [0.1, 0.15) is 21.2 Å². The quantitative estimate of drug-likeness (QED) is 0.645. The number of nitrogens with two attached hydrogens (primary N) is 2. The highest BCUT2D eigenvalue weighted by molar-refractivity contribution is 7.21. The first-order chi connectivity index (χ1) is 11.5. The van der Waals surface area contributed by atoms with Crippen LogP contribution in [0.3, 0.4) is 0 Å². The number of aliphatic hydroxyl groups excluding tert-OH is 1. The van der Waals surface area contributed by atoms with Crippen molar-refractivity contribution < 1.29 is 14.6 Å². The van der Waals surface area contributed by atoms with Crippen LogP contribution in [0.2, 0.25) is 5.02 Å². The predicted octanol–water partition coefficient (Wildman–Crippen LogP) is 2.96. The highest BCUT2D eigenvalue weighted by Gasteiger charge is 2.19. The van der Waals surface area contributed by atoms with Crippen LogP contribution in [0, 0.1) is 0 Å². The second kappa shape index (κ2) is 6.64. The number of hydrogen-bond donors (Lipinski definition) is 3. The summed E-state index contributed by atoms with van der Waals surface area (Å²) >= 11 is 7.36. The third-order valence-corrected chi connectivity index (χ3v) is 4.85. The van der Waals surface area contributed by atoms with Crippen molar-refractivity contribution in [3.63, 3.8) is 0 Å². The van der Waals surface area contributed by atoms with Crippen LogP contribution in [-0.2, 0) is 6.42 Å². The molecule has 0 aliphatic carbocycles. The molecule has 8 heteroatoms. The Balaban J connectivity index is 2.03. The Labute approximate surface area is 146 Å². The van der Waals surface area contributed by atoms with Gasteiger partial charge in [0, 0.05) is 12.8 Å². The lowest BCUT2D eigenvalue weighted by molar-refractivity contribution is 0.100. The van der Waals surface area contributed by atoms with E-state index in [0.717, 1.165) is 16.9 Å². The molecule has 1 amide bonds. The van der Waals surface area contributed by atoms with Crippen molar-refractivity contribution in [3.8, 4) is 11.5 Å². The molecule has 6 nitrogen and oxygen atoms in total. The number of benzene rings is 1. The molecule has 3 aromatic rings. The van der Waals surface area contributed by atoms with Crippen molar-refractivity contribution in [2.75, 3.05) is 12.3 Å². The van der Waals surface area contributed by atoms with E-state index in [0.29, 0.717) is 33.2 Å². The Morgan fingerprint density at radius 3 is 2.79 bits per heavy atom. The van der Waals surface area contributed by atoms with E-state index in [-0.39, 0.29) is 17.2 Å². The Kier molecular flexibility index (Phi) is 4.57. The zero-order chi connectivity index (χ0) is 17.3. The summed E-state index contributed by atoms with van der Waals surface area (Å²) < 4.78 is 5.87. The number of aliphatic hydroxyl groups is 1. The van der Waals surface area contributed by atoms with Crippen molar-refractivity contribution >= 4 is 44.7 Å². The first-order valence-electron chi connectivity index (χ1n) is 7.05. The van der Waals surface area contributed by atoms with Gasteiger partial charge in [-0.15, -0.1) is 11.3 Å². The number of nitrogen functional groups attached to an aromatic ring is 1. The van der Waals surface area contributed by atoms with Crippen LogP contribution in [0.5, 0.6) is 11.5 Å². The molecule has 5 N–H and O–H groups in total. The number of thiophene rings is 1. The van der Waals surface area contributed by atoms with E-state index < -0.39 is 5.91 Å². The summed E-state index contributed by atoms with van der Waals surface area (Å²) in [7, 11) is 0. The molecule has 0 saturated heterocycles. The summed E-state index contributed by atoms with van der Waals surface area (Å²) in [6.45, 7) is 0.0445. The Bertz CT molecular complexity index is 926. The van der Waals surface area contributed by atoms with Gasteiger partial charge in [-0.1, -0.05) is 17.7 Å². The average molecular weight is 364 g/mol. The maximum atomic E-state index is 11.5. The van der Waals surface area contributed by atoms with Crippen molar-refractivity contribution in [1.82, 2.24) is 4.98 Å². The van der Waals surface area contributed by atoms with E-state index in [1.807, 2.05) is 6.07 Å². The number of fused-ring (bicyclic) bond motifs is 1. The maximum Gasteiger partial charge on any atom is 0.260 e. The number of nitrogens with zero attached hydrogens (tertiary/aromatic N) is 1. The SMILES string of the molecule is NC(=O)c1sc2nccc(Oc3ccc(CCO)cc3Cl)c2c1N. The Morgan fingerprint density at radius 2 is 2.12 bits per heavy atom. The highest BCUT2D eigenvalue weighted by Crippen LogP contribution is 2.40. The van der Waals surface area contributed by atoms with Gasteiger partial charge in [0.15, 0.2) is 0 Å². The molecule has 124 valence electrons. The summed E-state index contributed by atoms with van der Waals surface area (Å²) in [5, 5.41) is 9.93. The molecule has 0 fully saturated rings. The number of halogens is 1. The number of hydrogen-bond acceptors (Lipinski definition) is 6. The van der Waals surface area contributed by atoms with Crippen molar-refractivity contribution in [2.24, 2.45) is 5.73 Å². The molecule has 1 aromatic carbocycles. The average Bonchev–Trinajstić information content (AvgIpc) is 2.89. The smallest absolute Gasteiger partial charge is 0.260 e. The van der Waals surface area contributed by atoms with Gasteiger partial charge >= 0.3 is 0 Å². The maximum absolute atomic E-state index is 11.5. The molecule has 24 heavy (non-hydrogen) atoms. The van der Waals surface area contributed by atoms with Gasteiger partial charge in [0.25, 0.3) is 5.91 Å². The summed E-state index contributed by atoms with van der Waals surface area (Å²) in [5.74, 6) is 0.281. The second-order valence-electron chi connectivity index (χ2n) is 5.04. The lowest BCUT2D eigenvalue weighted by Crippen LogP contribution is -2.10. The number of primary amides is 1. The topological polar surface area (TPSA) is 111 Å². The molecule has 2 heterocycles. The summed E-state index contributed by atoms with van der Waals surface area (Å²) in [5.41, 5.74) is 12.5. The number of anilines is 1. The first-order valence-corrected chi connectivity index (χ1v) is 8.24. The first kappa shape index (κ1) is 16.5. The number of pyridine rings is 1. The fourth-order valence-corrected chi connectivity index (χ4v) is 3.49. The molecule has 0 unspecified atom stereocenters. The summed E-state index contributed by atoms with van der Waals surface area (Å²) in [4.78, 5) is 16.5. The van der Waals surface area contributed by atoms with Crippen LogP contribution < -0.4 is 16.2 Å². The molecular formula is C16H14ClN3O3S. The van der Waals surface area contributed by atoms with E-state index in [1.165, 1.54) is 0 Å². The van der Waals surface area contributed by atoms with Gasteiger partial charge in [-0.25, -0.2) is 4.98 Å². The number of amides is 1. The molecule has 0 atom stereocenters. The number of rotatable bonds is 5. The van der Waals surface area contributed by atoms with Crippen molar-refractivity contribution in [2.45, 2.75) is 6.42 Å². The van der Waals surface area contributed by atoms with Crippen molar-refractivity contribution in [3.05, 3.63) is 45.9 Å². The van der Waals surface area contributed by atoms with Gasteiger partial charge < -0.3 is 21.3 Å².